The number of hydrogen-bond donors (Lipinski definition) is 0. The van der Waals surface area contributed by atoms with Crippen molar-refractivity contribution >= 4 is 39.3 Å². The van der Waals surface area contributed by atoms with Gasteiger partial charge in [-0.15, -0.1) is 0 Å². The van der Waals surface area contributed by atoms with Crippen molar-refractivity contribution in [3.05, 3.63) is 69.2 Å². The highest BCUT2D eigenvalue weighted by molar-refractivity contribution is 14.1. The zero-order chi connectivity index (χ0) is 13.4. The number of benzene rings is 2. The molecule has 0 amide bonds. The Morgan fingerprint density at radius 3 is 2.53 bits per heavy atom. The molecule has 1 heterocycles. The van der Waals surface area contributed by atoms with E-state index in [0.717, 1.165) is 3.57 Å². The minimum Gasteiger partial charge on any atom is -0.453 e. The first-order valence-electron chi connectivity index (χ1n) is 5.63. The molecule has 0 fully saturated rings. The zero-order valence-corrected chi connectivity index (χ0v) is 11.8. The summed E-state index contributed by atoms with van der Waals surface area (Å²) in [4.78, 5) is 12.2. The van der Waals surface area contributed by atoms with Crippen molar-refractivity contribution in [3.63, 3.8) is 0 Å². The highest BCUT2D eigenvalue weighted by atomic mass is 127. The van der Waals surface area contributed by atoms with E-state index in [0.29, 0.717) is 16.5 Å². The second-order valence-corrected chi connectivity index (χ2v) is 5.37. The van der Waals surface area contributed by atoms with E-state index in [4.69, 9.17) is 4.42 Å². The van der Waals surface area contributed by atoms with Gasteiger partial charge in [0.2, 0.25) is 5.78 Å². The molecule has 0 bridgehead atoms. The number of carbonyl (C=O) groups is 1. The minimum atomic E-state index is -0.346. The second kappa shape index (κ2) is 4.77. The molecule has 0 saturated carbocycles. The Morgan fingerprint density at radius 1 is 1.05 bits per heavy atom. The maximum Gasteiger partial charge on any atom is 0.228 e. The van der Waals surface area contributed by atoms with Crippen LogP contribution in [0.25, 0.3) is 11.0 Å². The van der Waals surface area contributed by atoms with Crippen LogP contribution in [0.2, 0.25) is 0 Å². The number of ketones is 1. The summed E-state index contributed by atoms with van der Waals surface area (Å²) >= 11 is 2.17. The molecule has 2 aromatic carbocycles. The van der Waals surface area contributed by atoms with Crippen molar-refractivity contribution in [1.29, 1.82) is 0 Å². The van der Waals surface area contributed by atoms with Crippen LogP contribution in [-0.4, -0.2) is 5.78 Å². The number of hydrogen-bond acceptors (Lipinski definition) is 2. The fourth-order valence-electron chi connectivity index (χ4n) is 1.87. The van der Waals surface area contributed by atoms with Crippen molar-refractivity contribution < 1.29 is 13.6 Å². The van der Waals surface area contributed by atoms with E-state index < -0.39 is 0 Å². The normalized spacial score (nSPS) is 10.8. The van der Waals surface area contributed by atoms with E-state index in [2.05, 4.69) is 22.6 Å². The lowest BCUT2D eigenvalue weighted by Crippen LogP contribution is -1.98. The average Bonchev–Trinajstić information content (AvgIpc) is 2.81. The summed E-state index contributed by atoms with van der Waals surface area (Å²) in [7, 11) is 0. The highest BCUT2D eigenvalue weighted by Crippen LogP contribution is 2.22. The van der Waals surface area contributed by atoms with Crippen LogP contribution in [0.4, 0.5) is 4.39 Å². The molecule has 2 nitrogen and oxygen atoms in total. The van der Waals surface area contributed by atoms with E-state index in [9.17, 15) is 9.18 Å². The molecule has 0 aliphatic rings. The SMILES string of the molecule is O=C(c1ccc(I)cc1)c1cc2cc(F)ccc2o1. The third kappa shape index (κ3) is 2.40. The molecule has 0 saturated heterocycles. The highest BCUT2D eigenvalue weighted by Gasteiger charge is 2.14. The first-order valence-corrected chi connectivity index (χ1v) is 6.71. The third-order valence-corrected chi connectivity index (χ3v) is 3.53. The quantitative estimate of drug-likeness (QED) is 0.497. The Balaban J connectivity index is 2.04. The number of halogens is 2. The van der Waals surface area contributed by atoms with Crippen LogP contribution in [0, 0.1) is 9.39 Å². The summed E-state index contributed by atoms with van der Waals surface area (Å²) in [5.74, 6) is -0.323. The van der Waals surface area contributed by atoms with Crippen LogP contribution in [0.1, 0.15) is 16.1 Å². The van der Waals surface area contributed by atoms with E-state index in [-0.39, 0.29) is 17.4 Å². The molecule has 0 N–H and O–H groups in total. The smallest absolute Gasteiger partial charge is 0.228 e. The molecule has 1 aromatic heterocycles. The number of carbonyl (C=O) groups excluding carboxylic acids is 1. The van der Waals surface area contributed by atoms with Gasteiger partial charge in [0, 0.05) is 14.5 Å². The molecule has 0 radical (unpaired) electrons. The molecule has 0 atom stereocenters. The largest absolute Gasteiger partial charge is 0.453 e. The standard InChI is InChI=1S/C15H8FIO2/c16-11-3-6-13-10(7-11)8-14(19-13)15(18)9-1-4-12(17)5-2-9/h1-8H. The number of furan rings is 1. The van der Waals surface area contributed by atoms with Gasteiger partial charge in [-0.25, -0.2) is 4.39 Å². The van der Waals surface area contributed by atoms with Gasteiger partial charge in [-0.05, 0) is 71.1 Å². The Bertz CT molecular complexity index is 759. The lowest BCUT2D eigenvalue weighted by Gasteiger charge is -1.97. The van der Waals surface area contributed by atoms with Gasteiger partial charge in [-0.3, -0.25) is 4.79 Å². The molecule has 19 heavy (non-hydrogen) atoms. The van der Waals surface area contributed by atoms with Gasteiger partial charge in [-0.2, -0.15) is 0 Å². The molecule has 3 aromatic rings. The van der Waals surface area contributed by atoms with Gasteiger partial charge >= 0.3 is 0 Å². The molecular weight excluding hydrogens is 358 g/mol. The monoisotopic (exact) mass is 366 g/mol. The zero-order valence-electron chi connectivity index (χ0n) is 9.69. The van der Waals surface area contributed by atoms with Crippen molar-refractivity contribution in [2.45, 2.75) is 0 Å². The first kappa shape index (κ1) is 12.3. The summed E-state index contributed by atoms with van der Waals surface area (Å²) < 4.78 is 19.6. The maximum atomic E-state index is 13.1. The Labute approximate surface area is 122 Å². The summed E-state index contributed by atoms with van der Waals surface area (Å²) in [5, 5.41) is 0.592. The van der Waals surface area contributed by atoms with Gasteiger partial charge in [0.1, 0.15) is 11.4 Å². The topological polar surface area (TPSA) is 30.2 Å². The van der Waals surface area contributed by atoms with Crippen LogP contribution < -0.4 is 0 Å². The second-order valence-electron chi connectivity index (χ2n) is 4.13. The molecule has 0 unspecified atom stereocenters. The van der Waals surface area contributed by atoms with E-state index in [1.807, 2.05) is 12.1 Å². The molecular formula is C15H8FIO2. The number of fused-ring (bicyclic) bond motifs is 1. The predicted octanol–water partition coefficient (Wildman–Crippen LogP) is 4.41. The van der Waals surface area contributed by atoms with Crippen LogP contribution in [0.5, 0.6) is 0 Å². The van der Waals surface area contributed by atoms with Gasteiger partial charge in [0.05, 0.1) is 0 Å². The molecule has 94 valence electrons. The van der Waals surface area contributed by atoms with E-state index in [1.54, 1.807) is 18.2 Å². The van der Waals surface area contributed by atoms with Gasteiger partial charge in [0.15, 0.2) is 5.76 Å². The third-order valence-electron chi connectivity index (χ3n) is 2.81. The van der Waals surface area contributed by atoms with E-state index >= 15 is 0 Å². The van der Waals surface area contributed by atoms with E-state index in [1.165, 1.54) is 18.2 Å². The van der Waals surface area contributed by atoms with Gasteiger partial charge in [-0.1, -0.05) is 0 Å². The summed E-state index contributed by atoms with van der Waals surface area (Å²) in [5.41, 5.74) is 1.07. The van der Waals surface area contributed by atoms with Crippen LogP contribution >= 0.6 is 22.6 Å². The lowest BCUT2D eigenvalue weighted by molar-refractivity contribution is 0.101. The predicted molar refractivity (Wildman–Crippen MR) is 78.8 cm³/mol. The Kier molecular flexibility index (Phi) is 3.10. The van der Waals surface area contributed by atoms with Crippen LogP contribution in [0.15, 0.2) is 52.9 Å². The Morgan fingerprint density at radius 2 is 1.79 bits per heavy atom. The lowest BCUT2D eigenvalue weighted by atomic mass is 10.1. The maximum absolute atomic E-state index is 13.1. The van der Waals surface area contributed by atoms with Gasteiger partial charge < -0.3 is 4.42 Å². The van der Waals surface area contributed by atoms with Crippen molar-refractivity contribution in [1.82, 2.24) is 0 Å². The number of rotatable bonds is 2. The van der Waals surface area contributed by atoms with Crippen molar-refractivity contribution in [2.75, 3.05) is 0 Å². The summed E-state index contributed by atoms with van der Waals surface area (Å²) in [6, 6.07) is 13.0. The molecule has 0 aliphatic heterocycles. The molecule has 3 rings (SSSR count). The van der Waals surface area contributed by atoms with Crippen molar-refractivity contribution in [2.24, 2.45) is 0 Å². The average molecular weight is 366 g/mol. The van der Waals surface area contributed by atoms with Crippen LogP contribution in [-0.2, 0) is 0 Å². The summed E-state index contributed by atoms with van der Waals surface area (Å²) in [6.45, 7) is 0. The molecule has 4 heteroatoms. The first-order chi connectivity index (χ1) is 9.13. The van der Waals surface area contributed by atoms with Crippen LogP contribution in [0.3, 0.4) is 0 Å². The molecule has 0 spiro atoms. The molecule has 0 aliphatic carbocycles. The van der Waals surface area contributed by atoms with Gasteiger partial charge in [0.25, 0.3) is 0 Å². The fraction of sp³-hybridized carbons (Fsp3) is 0. The summed E-state index contributed by atoms with van der Waals surface area (Å²) in [6.07, 6.45) is 0. The Hall–Kier alpha value is -1.69. The van der Waals surface area contributed by atoms with Crippen molar-refractivity contribution in [3.8, 4) is 0 Å². The fourth-order valence-corrected chi connectivity index (χ4v) is 2.23. The minimum absolute atomic E-state index is 0.201.